The van der Waals surface area contributed by atoms with Crippen LogP contribution in [0.4, 0.5) is 0 Å². The first-order valence-electron chi connectivity index (χ1n) is 3.19. The molecule has 0 heterocycles. The smallest absolute Gasteiger partial charge is 0.267 e. The van der Waals surface area contributed by atoms with Crippen molar-refractivity contribution in [2.45, 2.75) is 0 Å². The van der Waals surface area contributed by atoms with Crippen molar-refractivity contribution in [1.82, 2.24) is 0 Å². The second-order valence-corrected chi connectivity index (χ2v) is 2.93. The van der Waals surface area contributed by atoms with Gasteiger partial charge in [0.15, 0.2) is 4.63 Å². The minimum atomic E-state index is -0.435. The molecule has 2 nitrogen and oxygen atoms in total. The fourth-order valence-corrected chi connectivity index (χ4v) is 0.876. The molecule has 4 heteroatoms. The summed E-state index contributed by atoms with van der Waals surface area (Å²) in [5.41, 5.74) is 0.469. The number of aliphatic imine (C=N–C) groups is 1. The average Bonchev–Trinajstić information content (AvgIpc) is 2.05. The van der Waals surface area contributed by atoms with Crippen LogP contribution in [0.1, 0.15) is 10.4 Å². The molecule has 1 rings (SSSR count). The summed E-state index contributed by atoms with van der Waals surface area (Å²) in [6.45, 7) is 0. The third-order valence-corrected chi connectivity index (χ3v) is 1.38. The number of hydrogen-bond donors (Lipinski definition) is 0. The van der Waals surface area contributed by atoms with Gasteiger partial charge in [-0.25, -0.2) is 0 Å². The maximum atomic E-state index is 11.1. The van der Waals surface area contributed by atoms with Crippen LogP contribution >= 0.6 is 23.2 Å². The van der Waals surface area contributed by atoms with Gasteiger partial charge in [-0.15, -0.1) is 0 Å². The average molecular weight is 202 g/mol. The maximum absolute atomic E-state index is 11.1. The molecule has 1 aromatic rings. The molecule has 0 bridgehead atoms. The Morgan fingerprint density at radius 1 is 1.17 bits per heavy atom. The first-order valence-corrected chi connectivity index (χ1v) is 3.95. The Kier molecular flexibility index (Phi) is 3.26. The highest BCUT2D eigenvalue weighted by Crippen LogP contribution is 2.02. The lowest BCUT2D eigenvalue weighted by Gasteiger charge is -1.91. The zero-order chi connectivity index (χ0) is 8.97. The Balaban J connectivity index is 2.87. The monoisotopic (exact) mass is 201 g/mol. The number of carbonyl (C=O) groups is 1. The molecule has 1 amide bonds. The second kappa shape index (κ2) is 4.24. The molecule has 62 valence electrons. The molecule has 0 fully saturated rings. The first-order chi connectivity index (χ1) is 5.70. The molecular weight excluding hydrogens is 197 g/mol. The van der Waals surface area contributed by atoms with Crippen molar-refractivity contribution in [2.75, 3.05) is 0 Å². The lowest BCUT2D eigenvalue weighted by Crippen LogP contribution is -1.94. The van der Waals surface area contributed by atoms with E-state index in [4.69, 9.17) is 23.2 Å². The first kappa shape index (κ1) is 9.23. The van der Waals surface area contributed by atoms with Crippen molar-refractivity contribution in [3.05, 3.63) is 35.9 Å². The SMILES string of the molecule is O=C(N=C(Cl)Cl)c1ccccc1. The van der Waals surface area contributed by atoms with Crippen LogP contribution in [0.2, 0.25) is 0 Å². The van der Waals surface area contributed by atoms with Crippen LogP contribution < -0.4 is 0 Å². The normalized spacial score (nSPS) is 9.17. The summed E-state index contributed by atoms with van der Waals surface area (Å²) in [4.78, 5) is 14.5. The fraction of sp³-hybridized carbons (Fsp3) is 0. The summed E-state index contributed by atoms with van der Waals surface area (Å²) < 4.78 is -0.274. The molecule has 0 radical (unpaired) electrons. The van der Waals surface area contributed by atoms with E-state index in [2.05, 4.69) is 4.99 Å². The maximum Gasteiger partial charge on any atom is 0.279 e. The van der Waals surface area contributed by atoms with E-state index >= 15 is 0 Å². The van der Waals surface area contributed by atoms with Crippen LogP contribution in [-0.2, 0) is 0 Å². The number of halogens is 2. The van der Waals surface area contributed by atoms with Gasteiger partial charge in [0.2, 0.25) is 0 Å². The third-order valence-electron chi connectivity index (χ3n) is 1.21. The number of carbonyl (C=O) groups excluding carboxylic acids is 1. The van der Waals surface area contributed by atoms with Crippen molar-refractivity contribution in [2.24, 2.45) is 4.99 Å². The molecule has 12 heavy (non-hydrogen) atoms. The van der Waals surface area contributed by atoms with Crippen LogP contribution in [0.25, 0.3) is 0 Å². The summed E-state index contributed by atoms with van der Waals surface area (Å²) >= 11 is 10.4. The van der Waals surface area contributed by atoms with Gasteiger partial charge in [0, 0.05) is 5.56 Å². The Bertz CT molecular complexity index is 304. The van der Waals surface area contributed by atoms with E-state index < -0.39 is 5.91 Å². The van der Waals surface area contributed by atoms with Gasteiger partial charge >= 0.3 is 0 Å². The lowest BCUT2D eigenvalue weighted by molar-refractivity contribution is 0.100. The summed E-state index contributed by atoms with van der Waals surface area (Å²) in [7, 11) is 0. The van der Waals surface area contributed by atoms with Crippen molar-refractivity contribution < 1.29 is 4.79 Å². The minimum absolute atomic E-state index is 0.274. The van der Waals surface area contributed by atoms with Crippen LogP contribution in [0, 0.1) is 0 Å². The van der Waals surface area contributed by atoms with Crippen molar-refractivity contribution >= 4 is 33.7 Å². The molecular formula is C8H5Cl2NO. The Morgan fingerprint density at radius 2 is 1.75 bits per heavy atom. The molecule has 0 aliphatic rings. The van der Waals surface area contributed by atoms with E-state index in [-0.39, 0.29) is 4.63 Å². The number of benzene rings is 1. The summed E-state index contributed by atoms with van der Waals surface area (Å²) in [5, 5.41) is 0. The predicted molar refractivity (Wildman–Crippen MR) is 49.9 cm³/mol. The molecule has 0 spiro atoms. The van der Waals surface area contributed by atoms with Crippen LogP contribution in [0.5, 0.6) is 0 Å². The zero-order valence-corrected chi connectivity index (χ0v) is 7.51. The summed E-state index contributed by atoms with van der Waals surface area (Å²) in [5.74, 6) is -0.435. The summed E-state index contributed by atoms with van der Waals surface area (Å²) in [6, 6.07) is 8.57. The van der Waals surface area contributed by atoms with Gasteiger partial charge in [0.1, 0.15) is 0 Å². The quantitative estimate of drug-likeness (QED) is 0.643. The molecule has 0 saturated carbocycles. The van der Waals surface area contributed by atoms with Crippen molar-refractivity contribution in [1.29, 1.82) is 0 Å². The molecule has 0 unspecified atom stereocenters. The highest BCUT2D eigenvalue weighted by atomic mass is 35.5. The fourth-order valence-electron chi connectivity index (χ4n) is 0.722. The van der Waals surface area contributed by atoms with Crippen LogP contribution in [0.3, 0.4) is 0 Å². The van der Waals surface area contributed by atoms with E-state index in [0.717, 1.165) is 0 Å². The number of nitrogens with zero attached hydrogens (tertiary/aromatic N) is 1. The highest BCUT2D eigenvalue weighted by molar-refractivity contribution is 6.95. The van der Waals surface area contributed by atoms with Crippen LogP contribution in [-0.4, -0.2) is 10.5 Å². The number of rotatable bonds is 1. The van der Waals surface area contributed by atoms with Crippen molar-refractivity contribution in [3.8, 4) is 0 Å². The Morgan fingerprint density at radius 3 is 2.25 bits per heavy atom. The van der Waals surface area contributed by atoms with Gasteiger partial charge in [-0.3, -0.25) is 4.79 Å². The standard InChI is InChI=1S/C8H5Cl2NO/c9-8(10)11-7(12)6-4-2-1-3-5-6/h1-5H. The van der Waals surface area contributed by atoms with E-state index in [1.54, 1.807) is 24.3 Å². The van der Waals surface area contributed by atoms with Crippen molar-refractivity contribution in [3.63, 3.8) is 0 Å². The molecule has 0 aliphatic heterocycles. The van der Waals surface area contributed by atoms with E-state index in [1.165, 1.54) is 0 Å². The Labute approximate surface area is 79.8 Å². The predicted octanol–water partition coefficient (Wildman–Crippen LogP) is 2.66. The molecule has 0 saturated heterocycles. The highest BCUT2D eigenvalue weighted by Gasteiger charge is 2.02. The second-order valence-electron chi connectivity index (χ2n) is 2.02. The third kappa shape index (κ3) is 2.64. The van der Waals surface area contributed by atoms with E-state index in [1.807, 2.05) is 6.07 Å². The number of hydrogen-bond acceptors (Lipinski definition) is 1. The topological polar surface area (TPSA) is 29.4 Å². The molecule has 1 aromatic carbocycles. The van der Waals surface area contributed by atoms with Gasteiger partial charge in [-0.05, 0) is 35.3 Å². The van der Waals surface area contributed by atoms with E-state index in [9.17, 15) is 4.79 Å². The van der Waals surface area contributed by atoms with Gasteiger partial charge in [-0.1, -0.05) is 18.2 Å². The lowest BCUT2D eigenvalue weighted by atomic mass is 10.2. The van der Waals surface area contributed by atoms with Gasteiger partial charge in [-0.2, -0.15) is 4.99 Å². The van der Waals surface area contributed by atoms with Gasteiger partial charge < -0.3 is 0 Å². The molecule has 0 aromatic heterocycles. The van der Waals surface area contributed by atoms with E-state index in [0.29, 0.717) is 5.56 Å². The number of amides is 1. The van der Waals surface area contributed by atoms with Gasteiger partial charge in [0.05, 0.1) is 0 Å². The largest absolute Gasteiger partial charge is 0.279 e. The molecule has 0 atom stereocenters. The van der Waals surface area contributed by atoms with Crippen LogP contribution in [0.15, 0.2) is 35.3 Å². The Hall–Kier alpha value is -0.860. The minimum Gasteiger partial charge on any atom is -0.267 e. The molecule has 0 N–H and O–H groups in total. The zero-order valence-electron chi connectivity index (χ0n) is 6.00. The summed E-state index contributed by atoms with van der Waals surface area (Å²) in [6.07, 6.45) is 0. The molecule has 0 aliphatic carbocycles. The van der Waals surface area contributed by atoms with Gasteiger partial charge in [0.25, 0.3) is 5.91 Å².